The molecule has 1 unspecified atom stereocenters. The Balaban J connectivity index is 1.94. The molecule has 1 amide bonds. The molecule has 1 atom stereocenters. The molecule has 6 heteroatoms. The number of amides is 1. The summed E-state index contributed by atoms with van der Waals surface area (Å²) in [4.78, 5) is 20.1. The first kappa shape index (κ1) is 13.8. The van der Waals surface area contributed by atoms with Gasteiger partial charge in [0.25, 0.3) is 0 Å². The van der Waals surface area contributed by atoms with Crippen molar-refractivity contribution in [2.24, 2.45) is 0 Å². The highest BCUT2D eigenvalue weighted by Gasteiger charge is 2.15. The highest BCUT2D eigenvalue weighted by atomic mass is 35.5. The number of carbonyl (C=O) groups is 1. The van der Waals surface area contributed by atoms with Crippen LogP contribution in [0.1, 0.15) is 6.92 Å². The molecular formula is C13H12ClN3OS. The van der Waals surface area contributed by atoms with Crippen molar-refractivity contribution in [2.45, 2.75) is 17.3 Å². The van der Waals surface area contributed by atoms with Gasteiger partial charge in [0, 0.05) is 23.1 Å². The van der Waals surface area contributed by atoms with Crippen LogP contribution in [0.15, 0.2) is 47.9 Å². The van der Waals surface area contributed by atoms with E-state index in [1.54, 1.807) is 42.7 Å². The molecule has 0 fully saturated rings. The van der Waals surface area contributed by atoms with Crippen LogP contribution in [0, 0.1) is 0 Å². The lowest BCUT2D eigenvalue weighted by molar-refractivity contribution is -0.115. The van der Waals surface area contributed by atoms with E-state index >= 15 is 0 Å². The Hall–Kier alpha value is -1.59. The number of anilines is 1. The fourth-order valence-corrected chi connectivity index (χ4v) is 2.19. The zero-order chi connectivity index (χ0) is 13.7. The molecule has 0 aliphatic rings. The monoisotopic (exact) mass is 293 g/mol. The van der Waals surface area contributed by atoms with E-state index in [1.165, 1.54) is 11.8 Å². The second kappa shape index (κ2) is 6.54. The molecule has 1 aromatic carbocycles. The summed E-state index contributed by atoms with van der Waals surface area (Å²) in [6, 6.07) is 8.72. The standard InChI is InChI=1S/C13H12ClN3OS/c1-9(19-13-15-7-2-8-16-13)12(18)17-11-5-3-10(14)4-6-11/h2-9H,1H3,(H,17,18). The second-order valence-electron chi connectivity index (χ2n) is 3.79. The highest BCUT2D eigenvalue weighted by molar-refractivity contribution is 8.00. The molecule has 0 aliphatic carbocycles. The van der Waals surface area contributed by atoms with Crippen LogP contribution in [0.2, 0.25) is 5.02 Å². The minimum absolute atomic E-state index is 0.0974. The zero-order valence-corrected chi connectivity index (χ0v) is 11.8. The minimum Gasteiger partial charge on any atom is -0.325 e. The van der Waals surface area contributed by atoms with Crippen LogP contribution in [0.3, 0.4) is 0 Å². The molecule has 0 saturated heterocycles. The summed E-state index contributed by atoms with van der Waals surface area (Å²) in [6.45, 7) is 1.81. The molecule has 19 heavy (non-hydrogen) atoms. The Morgan fingerprint density at radius 3 is 2.53 bits per heavy atom. The zero-order valence-electron chi connectivity index (χ0n) is 10.2. The number of halogens is 1. The summed E-state index contributed by atoms with van der Waals surface area (Å²) in [5, 5.41) is 3.76. The van der Waals surface area contributed by atoms with Gasteiger partial charge in [-0.3, -0.25) is 4.79 Å². The summed E-state index contributed by atoms with van der Waals surface area (Å²) in [6.07, 6.45) is 3.30. The lowest BCUT2D eigenvalue weighted by Crippen LogP contribution is -2.22. The first-order chi connectivity index (χ1) is 9.15. The van der Waals surface area contributed by atoms with Gasteiger partial charge in [0.2, 0.25) is 5.91 Å². The third-order valence-corrected chi connectivity index (χ3v) is 3.55. The summed E-state index contributed by atoms with van der Waals surface area (Å²) >= 11 is 7.10. The van der Waals surface area contributed by atoms with Crippen molar-refractivity contribution in [3.63, 3.8) is 0 Å². The molecule has 98 valence electrons. The molecule has 2 rings (SSSR count). The van der Waals surface area contributed by atoms with Crippen LogP contribution >= 0.6 is 23.4 Å². The number of hydrogen-bond donors (Lipinski definition) is 1. The van der Waals surface area contributed by atoms with E-state index in [-0.39, 0.29) is 11.2 Å². The third kappa shape index (κ3) is 4.22. The quantitative estimate of drug-likeness (QED) is 0.694. The fraction of sp³-hybridized carbons (Fsp3) is 0.154. The van der Waals surface area contributed by atoms with Gasteiger partial charge in [-0.25, -0.2) is 9.97 Å². The highest BCUT2D eigenvalue weighted by Crippen LogP contribution is 2.20. The van der Waals surface area contributed by atoms with E-state index in [0.29, 0.717) is 10.2 Å². The number of rotatable bonds is 4. The first-order valence-electron chi connectivity index (χ1n) is 5.65. The van der Waals surface area contributed by atoms with Gasteiger partial charge in [-0.15, -0.1) is 0 Å². The predicted molar refractivity (Wildman–Crippen MR) is 77.4 cm³/mol. The summed E-state index contributed by atoms with van der Waals surface area (Å²) in [5.74, 6) is -0.0974. The third-order valence-electron chi connectivity index (χ3n) is 2.31. The molecule has 1 heterocycles. The van der Waals surface area contributed by atoms with Gasteiger partial charge in [-0.2, -0.15) is 0 Å². The Labute approximate surface area is 120 Å². The second-order valence-corrected chi connectivity index (χ2v) is 5.53. The largest absolute Gasteiger partial charge is 0.325 e. The smallest absolute Gasteiger partial charge is 0.237 e. The number of aromatic nitrogens is 2. The van der Waals surface area contributed by atoms with E-state index in [2.05, 4.69) is 15.3 Å². The Morgan fingerprint density at radius 1 is 1.26 bits per heavy atom. The predicted octanol–water partition coefficient (Wildman–Crippen LogP) is 3.25. The normalized spacial score (nSPS) is 11.9. The van der Waals surface area contributed by atoms with Gasteiger partial charge >= 0.3 is 0 Å². The van der Waals surface area contributed by atoms with Gasteiger partial charge in [0.05, 0.1) is 5.25 Å². The summed E-state index contributed by atoms with van der Waals surface area (Å²) in [7, 11) is 0. The molecule has 0 spiro atoms. The number of nitrogens with one attached hydrogen (secondary N) is 1. The number of hydrogen-bond acceptors (Lipinski definition) is 4. The number of thioether (sulfide) groups is 1. The average Bonchev–Trinajstić information content (AvgIpc) is 2.42. The number of benzene rings is 1. The van der Waals surface area contributed by atoms with E-state index in [9.17, 15) is 4.79 Å². The SMILES string of the molecule is CC(Sc1ncccn1)C(=O)Nc1ccc(Cl)cc1. The van der Waals surface area contributed by atoms with Crippen LogP contribution in [-0.2, 0) is 4.79 Å². The van der Waals surface area contributed by atoms with Gasteiger partial charge < -0.3 is 5.32 Å². The van der Waals surface area contributed by atoms with Crippen LogP contribution < -0.4 is 5.32 Å². The summed E-state index contributed by atoms with van der Waals surface area (Å²) < 4.78 is 0. The first-order valence-corrected chi connectivity index (χ1v) is 6.91. The fourth-order valence-electron chi connectivity index (χ4n) is 1.34. The Kier molecular flexibility index (Phi) is 4.76. The van der Waals surface area contributed by atoms with Gasteiger partial charge in [-0.05, 0) is 37.3 Å². The van der Waals surface area contributed by atoms with Crippen molar-refractivity contribution < 1.29 is 4.79 Å². The average molecular weight is 294 g/mol. The summed E-state index contributed by atoms with van der Waals surface area (Å²) in [5.41, 5.74) is 0.718. The molecule has 0 bridgehead atoms. The minimum atomic E-state index is -0.280. The van der Waals surface area contributed by atoms with Crippen molar-refractivity contribution in [3.05, 3.63) is 47.7 Å². The van der Waals surface area contributed by atoms with E-state index in [4.69, 9.17) is 11.6 Å². The van der Waals surface area contributed by atoms with Crippen molar-refractivity contribution >= 4 is 35.0 Å². The topological polar surface area (TPSA) is 54.9 Å². The van der Waals surface area contributed by atoms with E-state index in [1.807, 2.05) is 6.92 Å². The Bertz CT molecular complexity index is 548. The van der Waals surface area contributed by atoms with Crippen LogP contribution in [0.25, 0.3) is 0 Å². The van der Waals surface area contributed by atoms with Crippen molar-refractivity contribution in [1.29, 1.82) is 0 Å². The lowest BCUT2D eigenvalue weighted by Gasteiger charge is -2.10. The van der Waals surface area contributed by atoms with E-state index in [0.717, 1.165) is 5.69 Å². The molecule has 1 aromatic heterocycles. The Morgan fingerprint density at radius 2 is 1.89 bits per heavy atom. The van der Waals surface area contributed by atoms with Crippen LogP contribution in [0.4, 0.5) is 5.69 Å². The van der Waals surface area contributed by atoms with Crippen molar-refractivity contribution in [2.75, 3.05) is 5.32 Å². The number of carbonyl (C=O) groups excluding carboxylic acids is 1. The maximum absolute atomic E-state index is 12.0. The van der Waals surface area contributed by atoms with Gasteiger partial charge in [0.15, 0.2) is 5.16 Å². The van der Waals surface area contributed by atoms with Gasteiger partial charge in [0.1, 0.15) is 0 Å². The molecule has 0 aliphatic heterocycles. The maximum atomic E-state index is 12.0. The molecular weight excluding hydrogens is 282 g/mol. The van der Waals surface area contributed by atoms with Crippen molar-refractivity contribution in [1.82, 2.24) is 9.97 Å². The van der Waals surface area contributed by atoms with Crippen molar-refractivity contribution in [3.8, 4) is 0 Å². The maximum Gasteiger partial charge on any atom is 0.237 e. The molecule has 0 saturated carbocycles. The van der Waals surface area contributed by atoms with E-state index < -0.39 is 0 Å². The molecule has 1 N–H and O–H groups in total. The van der Waals surface area contributed by atoms with Crippen LogP contribution in [0.5, 0.6) is 0 Å². The molecule has 2 aromatic rings. The molecule has 4 nitrogen and oxygen atoms in total. The van der Waals surface area contributed by atoms with Gasteiger partial charge in [-0.1, -0.05) is 23.4 Å². The lowest BCUT2D eigenvalue weighted by atomic mass is 10.3. The molecule has 0 radical (unpaired) electrons. The van der Waals surface area contributed by atoms with Crippen LogP contribution in [-0.4, -0.2) is 21.1 Å². The number of nitrogens with zero attached hydrogens (tertiary/aromatic N) is 2.